The van der Waals surface area contributed by atoms with Crippen molar-refractivity contribution in [3.05, 3.63) is 42.6 Å². The molecule has 7 heteroatoms. The van der Waals surface area contributed by atoms with E-state index < -0.39 is 0 Å². The minimum atomic E-state index is 0.175. The van der Waals surface area contributed by atoms with Crippen molar-refractivity contribution in [2.75, 3.05) is 23.7 Å². The molecule has 0 aliphatic carbocycles. The lowest BCUT2D eigenvalue weighted by Gasteiger charge is -2.37. The SMILES string of the molecule is Nc1nc2cc(-c3ccc4ncc(N5CC(N)C5)nc4c3)ccc2o1. The van der Waals surface area contributed by atoms with Gasteiger partial charge in [-0.15, -0.1) is 0 Å². The first kappa shape index (κ1) is 14.2. The highest BCUT2D eigenvalue weighted by molar-refractivity contribution is 5.86. The van der Waals surface area contributed by atoms with Crippen molar-refractivity contribution >= 4 is 34.0 Å². The third-order valence-electron chi connectivity index (χ3n) is 4.50. The normalized spacial score (nSPS) is 15.0. The molecule has 7 nitrogen and oxygen atoms in total. The molecule has 5 rings (SSSR count). The fourth-order valence-corrected chi connectivity index (χ4v) is 3.16. The third-order valence-corrected chi connectivity index (χ3v) is 4.50. The maximum absolute atomic E-state index is 5.85. The summed E-state index contributed by atoms with van der Waals surface area (Å²) in [4.78, 5) is 15.6. The molecule has 0 unspecified atom stereocenters. The number of nitrogens with two attached hydrogens (primary N) is 2. The molecule has 1 aliphatic heterocycles. The summed E-state index contributed by atoms with van der Waals surface area (Å²) >= 11 is 0. The van der Waals surface area contributed by atoms with Crippen LogP contribution in [-0.4, -0.2) is 34.1 Å². The minimum Gasteiger partial charge on any atom is -0.424 e. The summed E-state index contributed by atoms with van der Waals surface area (Å²) in [5, 5.41) is 0. The van der Waals surface area contributed by atoms with Crippen LogP contribution in [0.25, 0.3) is 33.3 Å². The van der Waals surface area contributed by atoms with Crippen molar-refractivity contribution in [1.29, 1.82) is 0 Å². The predicted octanol–water partition coefficient (Wildman–Crippen LogP) is 2.17. The number of nitrogens with zero attached hydrogens (tertiary/aromatic N) is 4. The molecule has 0 atom stereocenters. The van der Waals surface area contributed by atoms with E-state index in [2.05, 4.69) is 14.9 Å². The van der Waals surface area contributed by atoms with Crippen molar-refractivity contribution in [2.24, 2.45) is 5.73 Å². The van der Waals surface area contributed by atoms with Gasteiger partial charge in [0.15, 0.2) is 5.58 Å². The Labute approximate surface area is 143 Å². The van der Waals surface area contributed by atoms with Gasteiger partial charge < -0.3 is 20.8 Å². The van der Waals surface area contributed by atoms with Crippen molar-refractivity contribution in [3.63, 3.8) is 0 Å². The van der Waals surface area contributed by atoms with Crippen LogP contribution in [0.15, 0.2) is 47.0 Å². The first-order chi connectivity index (χ1) is 12.2. The number of oxazole rings is 1. The monoisotopic (exact) mass is 332 g/mol. The molecule has 124 valence electrons. The molecule has 0 radical (unpaired) electrons. The molecule has 0 amide bonds. The number of fused-ring (bicyclic) bond motifs is 2. The van der Waals surface area contributed by atoms with Gasteiger partial charge in [0.1, 0.15) is 11.3 Å². The maximum Gasteiger partial charge on any atom is 0.292 e. The van der Waals surface area contributed by atoms with E-state index >= 15 is 0 Å². The second-order valence-corrected chi connectivity index (χ2v) is 6.33. The van der Waals surface area contributed by atoms with Crippen molar-refractivity contribution in [3.8, 4) is 11.1 Å². The number of benzene rings is 2. The lowest BCUT2D eigenvalue weighted by atomic mass is 10.0. The van der Waals surface area contributed by atoms with Crippen molar-refractivity contribution in [1.82, 2.24) is 15.0 Å². The van der Waals surface area contributed by atoms with E-state index in [1.54, 1.807) is 6.20 Å². The fraction of sp³-hybridized carbons (Fsp3) is 0.167. The number of hydrogen-bond acceptors (Lipinski definition) is 7. The molecule has 0 saturated carbocycles. The average Bonchev–Trinajstić information content (AvgIpc) is 2.97. The molecule has 1 aliphatic rings. The third kappa shape index (κ3) is 2.36. The van der Waals surface area contributed by atoms with Crippen molar-refractivity contribution in [2.45, 2.75) is 6.04 Å². The zero-order chi connectivity index (χ0) is 17.0. The smallest absolute Gasteiger partial charge is 0.292 e. The topological polar surface area (TPSA) is 107 Å². The first-order valence-electron chi connectivity index (χ1n) is 8.09. The Hall–Kier alpha value is -3.19. The van der Waals surface area contributed by atoms with Crippen LogP contribution in [0.2, 0.25) is 0 Å². The Kier molecular flexibility index (Phi) is 2.92. The van der Waals surface area contributed by atoms with E-state index in [0.717, 1.165) is 46.6 Å². The zero-order valence-electron chi connectivity index (χ0n) is 13.4. The van der Waals surface area contributed by atoms with Gasteiger partial charge in [0.05, 0.1) is 17.2 Å². The predicted molar refractivity (Wildman–Crippen MR) is 97.1 cm³/mol. The molecular weight excluding hydrogens is 316 g/mol. The van der Waals surface area contributed by atoms with E-state index in [9.17, 15) is 0 Å². The van der Waals surface area contributed by atoms with E-state index in [-0.39, 0.29) is 12.1 Å². The van der Waals surface area contributed by atoms with Gasteiger partial charge in [0, 0.05) is 19.1 Å². The van der Waals surface area contributed by atoms with Crippen LogP contribution in [0, 0.1) is 0 Å². The van der Waals surface area contributed by atoms with E-state index in [1.165, 1.54) is 0 Å². The van der Waals surface area contributed by atoms with Gasteiger partial charge in [-0.05, 0) is 35.4 Å². The first-order valence-corrected chi connectivity index (χ1v) is 8.09. The standard InChI is InChI=1S/C18H16N6O/c19-12-8-24(9-12)17-7-21-13-3-1-10(5-14(13)22-17)11-2-4-16-15(6-11)23-18(20)25-16/h1-7,12H,8-9,19H2,(H2,20,23). The summed E-state index contributed by atoms with van der Waals surface area (Å²) in [5.74, 6) is 0.867. The molecule has 2 aromatic carbocycles. The Morgan fingerprint density at radius 2 is 1.72 bits per heavy atom. The molecule has 4 aromatic rings. The quantitative estimate of drug-likeness (QED) is 0.579. The highest BCUT2D eigenvalue weighted by Gasteiger charge is 2.24. The Morgan fingerprint density at radius 3 is 2.52 bits per heavy atom. The summed E-state index contributed by atoms with van der Waals surface area (Å²) in [6, 6.07) is 12.3. The van der Waals surface area contributed by atoms with Crippen LogP contribution in [0.4, 0.5) is 11.8 Å². The number of hydrogen-bond donors (Lipinski definition) is 2. The average molecular weight is 332 g/mol. The molecule has 1 fully saturated rings. The van der Waals surface area contributed by atoms with Gasteiger partial charge in [-0.25, -0.2) is 4.98 Å². The molecule has 4 N–H and O–H groups in total. The fourth-order valence-electron chi connectivity index (χ4n) is 3.16. The maximum atomic E-state index is 5.85. The van der Waals surface area contributed by atoms with E-state index in [0.29, 0.717) is 5.58 Å². The van der Waals surface area contributed by atoms with Crippen LogP contribution in [0.5, 0.6) is 0 Å². The Bertz CT molecular complexity index is 1100. The second kappa shape index (κ2) is 5.15. The number of anilines is 2. The Morgan fingerprint density at radius 1 is 0.960 bits per heavy atom. The summed E-state index contributed by atoms with van der Waals surface area (Å²) in [6.07, 6.45) is 1.80. The van der Waals surface area contributed by atoms with Gasteiger partial charge in [-0.3, -0.25) is 4.98 Å². The molecular formula is C18H16N6O. The van der Waals surface area contributed by atoms with Gasteiger partial charge in [-0.1, -0.05) is 12.1 Å². The summed E-state index contributed by atoms with van der Waals surface area (Å²) in [6.45, 7) is 1.65. The van der Waals surface area contributed by atoms with Gasteiger partial charge in [-0.2, -0.15) is 4.98 Å². The molecule has 3 heterocycles. The van der Waals surface area contributed by atoms with Crippen LogP contribution in [-0.2, 0) is 0 Å². The summed E-state index contributed by atoms with van der Waals surface area (Å²) in [7, 11) is 0. The van der Waals surface area contributed by atoms with Gasteiger partial charge in [0.25, 0.3) is 6.01 Å². The lowest BCUT2D eigenvalue weighted by Crippen LogP contribution is -2.56. The number of nitrogen functional groups attached to an aromatic ring is 1. The minimum absolute atomic E-state index is 0.175. The van der Waals surface area contributed by atoms with Crippen LogP contribution in [0.3, 0.4) is 0 Å². The zero-order valence-corrected chi connectivity index (χ0v) is 13.4. The van der Waals surface area contributed by atoms with Crippen LogP contribution < -0.4 is 16.4 Å². The van der Waals surface area contributed by atoms with Gasteiger partial charge in [0.2, 0.25) is 0 Å². The van der Waals surface area contributed by atoms with E-state index in [4.69, 9.17) is 20.9 Å². The molecule has 25 heavy (non-hydrogen) atoms. The van der Waals surface area contributed by atoms with E-state index in [1.807, 2.05) is 36.4 Å². The highest BCUT2D eigenvalue weighted by atomic mass is 16.4. The summed E-state index contributed by atoms with van der Waals surface area (Å²) < 4.78 is 5.33. The molecule has 1 saturated heterocycles. The molecule has 0 spiro atoms. The lowest BCUT2D eigenvalue weighted by molar-refractivity contribution is 0.514. The highest BCUT2D eigenvalue weighted by Crippen LogP contribution is 2.28. The summed E-state index contributed by atoms with van der Waals surface area (Å²) in [5.41, 5.74) is 16.7. The van der Waals surface area contributed by atoms with Crippen LogP contribution in [0.1, 0.15) is 0 Å². The van der Waals surface area contributed by atoms with Crippen molar-refractivity contribution < 1.29 is 4.42 Å². The number of aromatic nitrogens is 3. The second-order valence-electron chi connectivity index (χ2n) is 6.33. The molecule has 2 aromatic heterocycles. The van der Waals surface area contributed by atoms with Gasteiger partial charge >= 0.3 is 0 Å². The number of rotatable bonds is 2. The Balaban J connectivity index is 1.57. The molecule has 0 bridgehead atoms. The van der Waals surface area contributed by atoms with Crippen LogP contribution >= 0.6 is 0 Å². The largest absolute Gasteiger partial charge is 0.424 e.